The lowest BCUT2D eigenvalue weighted by Crippen LogP contribution is -2.16. The maximum atomic E-state index is 12.2. The second-order valence-corrected chi connectivity index (χ2v) is 5.38. The van der Waals surface area contributed by atoms with Gasteiger partial charge in [-0.1, -0.05) is 18.1 Å². The molecule has 24 heavy (non-hydrogen) atoms. The topological polar surface area (TPSA) is 119 Å². The number of nitrogens with two attached hydrogens (primary N) is 1. The molecule has 0 aliphatic heterocycles. The average Bonchev–Trinajstić information content (AvgIpc) is 3.17. The monoisotopic (exact) mass is 323 g/mol. The van der Waals surface area contributed by atoms with E-state index in [0.29, 0.717) is 16.8 Å². The number of benzene rings is 1. The third kappa shape index (κ3) is 2.00. The number of primary amides is 1. The summed E-state index contributed by atoms with van der Waals surface area (Å²) < 4.78 is 6.50. The maximum absolute atomic E-state index is 12.2. The van der Waals surface area contributed by atoms with E-state index >= 15 is 0 Å². The van der Waals surface area contributed by atoms with Gasteiger partial charge in [-0.15, -0.1) is 0 Å². The van der Waals surface area contributed by atoms with Crippen molar-refractivity contribution in [2.24, 2.45) is 5.73 Å². The van der Waals surface area contributed by atoms with Gasteiger partial charge in [0.2, 0.25) is 0 Å². The van der Waals surface area contributed by atoms with Crippen molar-refractivity contribution in [2.45, 2.75) is 13.3 Å². The summed E-state index contributed by atoms with van der Waals surface area (Å²) in [6.07, 6.45) is 2.13. The van der Waals surface area contributed by atoms with Crippen molar-refractivity contribution in [2.75, 3.05) is 0 Å². The average molecular weight is 323 g/mol. The minimum absolute atomic E-state index is 0.156. The van der Waals surface area contributed by atoms with E-state index < -0.39 is 5.91 Å². The molecular weight excluding hydrogens is 310 g/mol. The lowest BCUT2D eigenvalue weighted by Gasteiger charge is -2.02. The summed E-state index contributed by atoms with van der Waals surface area (Å²) in [5.74, 6) is -0.656. The lowest BCUT2D eigenvalue weighted by molar-refractivity contribution is 0.100. The summed E-state index contributed by atoms with van der Waals surface area (Å²) in [6, 6.07) is 6.88. The van der Waals surface area contributed by atoms with Gasteiger partial charge in [-0.2, -0.15) is 0 Å². The number of fused-ring (bicyclic) bond motifs is 2. The van der Waals surface area contributed by atoms with Crippen molar-refractivity contribution >= 4 is 22.5 Å². The zero-order chi connectivity index (χ0) is 16.8. The third-order valence-corrected chi connectivity index (χ3v) is 3.94. The maximum Gasteiger partial charge on any atom is 0.273 e. The van der Waals surface area contributed by atoms with E-state index in [4.69, 9.17) is 10.3 Å². The number of H-pyrrole nitrogens is 1. The molecule has 0 bridgehead atoms. The van der Waals surface area contributed by atoms with E-state index in [9.17, 15) is 9.59 Å². The highest BCUT2D eigenvalue weighted by atomic mass is 16.5. The van der Waals surface area contributed by atoms with Crippen molar-refractivity contribution < 1.29 is 9.32 Å². The van der Waals surface area contributed by atoms with Crippen molar-refractivity contribution in [3.63, 3.8) is 0 Å². The summed E-state index contributed by atoms with van der Waals surface area (Å²) in [7, 11) is 0. The van der Waals surface area contributed by atoms with Gasteiger partial charge >= 0.3 is 0 Å². The molecule has 3 heterocycles. The number of nitrogens with zero attached hydrogens (tertiary/aromatic N) is 3. The van der Waals surface area contributed by atoms with Crippen LogP contribution in [-0.4, -0.2) is 25.7 Å². The highest BCUT2D eigenvalue weighted by Crippen LogP contribution is 2.25. The van der Waals surface area contributed by atoms with Crippen molar-refractivity contribution in [1.29, 1.82) is 0 Å². The Bertz CT molecular complexity index is 1150. The second-order valence-electron chi connectivity index (χ2n) is 5.38. The van der Waals surface area contributed by atoms with Crippen LogP contribution in [0.5, 0.6) is 0 Å². The Balaban J connectivity index is 1.94. The predicted octanol–water partition coefficient (Wildman–Crippen LogP) is 1.49. The van der Waals surface area contributed by atoms with Crippen LogP contribution in [-0.2, 0) is 6.42 Å². The number of rotatable bonds is 3. The summed E-state index contributed by atoms with van der Waals surface area (Å²) in [4.78, 5) is 28.1. The molecule has 8 heteroatoms. The second kappa shape index (κ2) is 5.05. The molecule has 4 aromatic rings. The van der Waals surface area contributed by atoms with Crippen LogP contribution in [0.3, 0.4) is 0 Å². The lowest BCUT2D eigenvalue weighted by atomic mass is 10.1. The smallest absolute Gasteiger partial charge is 0.273 e. The molecule has 1 aromatic carbocycles. The first-order chi connectivity index (χ1) is 11.6. The first-order valence-electron chi connectivity index (χ1n) is 7.38. The molecule has 0 saturated heterocycles. The van der Waals surface area contributed by atoms with Gasteiger partial charge in [-0.25, -0.2) is 9.50 Å². The molecule has 0 spiro atoms. The van der Waals surface area contributed by atoms with Gasteiger partial charge in [0.1, 0.15) is 5.56 Å². The van der Waals surface area contributed by atoms with Crippen LogP contribution in [0.4, 0.5) is 0 Å². The first-order valence-corrected chi connectivity index (χ1v) is 7.38. The van der Waals surface area contributed by atoms with Crippen LogP contribution in [0.1, 0.15) is 23.0 Å². The van der Waals surface area contributed by atoms with E-state index in [1.165, 1.54) is 16.8 Å². The minimum Gasteiger partial charge on any atom is -0.365 e. The number of nitrogens with one attached hydrogen (secondary N) is 1. The van der Waals surface area contributed by atoms with Crippen LogP contribution < -0.4 is 11.3 Å². The number of carbonyl (C=O) groups excluding carboxylic acids is 1. The fourth-order valence-electron chi connectivity index (χ4n) is 2.71. The van der Waals surface area contributed by atoms with Gasteiger partial charge in [0.15, 0.2) is 11.2 Å². The Morgan fingerprint density at radius 3 is 2.96 bits per heavy atom. The number of aromatic amines is 1. The molecule has 0 unspecified atom stereocenters. The van der Waals surface area contributed by atoms with Gasteiger partial charge in [0.05, 0.1) is 11.4 Å². The van der Waals surface area contributed by atoms with Gasteiger partial charge in [-0.05, 0) is 18.6 Å². The molecule has 1 amide bonds. The fraction of sp³-hybridized carbons (Fsp3) is 0.125. The summed E-state index contributed by atoms with van der Waals surface area (Å²) >= 11 is 0. The van der Waals surface area contributed by atoms with Crippen LogP contribution in [0.25, 0.3) is 27.9 Å². The molecule has 3 aromatic heterocycles. The normalized spacial score (nSPS) is 11.4. The SMILES string of the molecule is CCc1noc2cc(-c3cc(=O)n4[nH]cc(C(N)=O)c4n3)ccc12. The van der Waals surface area contributed by atoms with Crippen LogP contribution >= 0.6 is 0 Å². The molecule has 0 saturated carbocycles. The van der Waals surface area contributed by atoms with Gasteiger partial charge < -0.3 is 10.3 Å². The number of aryl methyl sites for hydroxylation is 1. The molecule has 3 N–H and O–H groups in total. The molecule has 4 rings (SSSR count). The van der Waals surface area contributed by atoms with Gasteiger partial charge in [-0.3, -0.25) is 14.7 Å². The Hall–Kier alpha value is -3.42. The Kier molecular flexibility index (Phi) is 2.99. The van der Waals surface area contributed by atoms with Crippen molar-refractivity contribution in [3.8, 4) is 11.3 Å². The van der Waals surface area contributed by atoms with Crippen LogP contribution in [0.15, 0.2) is 39.8 Å². The summed E-state index contributed by atoms with van der Waals surface area (Å²) in [5.41, 5.74) is 7.95. The molecular formula is C16H13N5O3. The summed E-state index contributed by atoms with van der Waals surface area (Å²) in [5, 5.41) is 7.62. The van der Waals surface area contributed by atoms with E-state index in [0.717, 1.165) is 17.5 Å². The van der Waals surface area contributed by atoms with Crippen molar-refractivity contribution in [1.82, 2.24) is 19.8 Å². The Morgan fingerprint density at radius 1 is 1.38 bits per heavy atom. The van der Waals surface area contributed by atoms with Crippen molar-refractivity contribution in [3.05, 3.63) is 52.1 Å². The highest BCUT2D eigenvalue weighted by molar-refractivity contribution is 5.98. The van der Waals surface area contributed by atoms with E-state index in [-0.39, 0.29) is 16.8 Å². The fourth-order valence-corrected chi connectivity index (χ4v) is 2.71. The standard InChI is InChI=1S/C16H13N5O3/c1-2-11-9-4-3-8(5-13(9)24-20-11)12-6-14(22)21-16(19-12)10(7-18-21)15(17)23/h3-7,18H,2H2,1H3,(H2,17,23). The molecule has 0 radical (unpaired) electrons. The number of hydrogen-bond donors (Lipinski definition) is 2. The zero-order valence-corrected chi connectivity index (χ0v) is 12.7. The molecule has 0 atom stereocenters. The van der Waals surface area contributed by atoms with Gasteiger partial charge in [0, 0.05) is 23.2 Å². The first kappa shape index (κ1) is 14.2. The number of carbonyl (C=O) groups is 1. The Labute approximate surface area is 134 Å². The molecule has 120 valence electrons. The van der Waals surface area contributed by atoms with E-state index in [2.05, 4.69) is 15.2 Å². The van der Waals surface area contributed by atoms with Crippen LogP contribution in [0.2, 0.25) is 0 Å². The van der Waals surface area contributed by atoms with E-state index in [1.54, 1.807) is 6.07 Å². The molecule has 0 aliphatic carbocycles. The van der Waals surface area contributed by atoms with Gasteiger partial charge in [0.25, 0.3) is 11.5 Å². The zero-order valence-electron chi connectivity index (χ0n) is 12.7. The molecule has 8 nitrogen and oxygen atoms in total. The predicted molar refractivity (Wildman–Crippen MR) is 86.7 cm³/mol. The number of aromatic nitrogens is 4. The quantitative estimate of drug-likeness (QED) is 0.592. The van der Waals surface area contributed by atoms with E-state index in [1.807, 2.05) is 19.1 Å². The Morgan fingerprint density at radius 2 is 2.21 bits per heavy atom. The number of amides is 1. The minimum atomic E-state index is -0.656. The largest absolute Gasteiger partial charge is 0.365 e. The summed E-state index contributed by atoms with van der Waals surface area (Å²) in [6.45, 7) is 2.00. The molecule has 0 aliphatic rings. The molecule has 0 fully saturated rings. The third-order valence-electron chi connectivity index (χ3n) is 3.94. The number of hydrogen-bond acceptors (Lipinski definition) is 5. The highest BCUT2D eigenvalue weighted by Gasteiger charge is 2.15. The van der Waals surface area contributed by atoms with Crippen LogP contribution in [0, 0.1) is 0 Å².